The molecular formula is C20H19N3O4S. The summed E-state index contributed by atoms with van der Waals surface area (Å²) in [5.41, 5.74) is 3.92. The van der Waals surface area contributed by atoms with E-state index in [4.69, 9.17) is 4.74 Å². The predicted octanol–water partition coefficient (Wildman–Crippen LogP) is 4.99. The number of carbonyl (C=O) groups excluding carboxylic acids is 1. The van der Waals surface area contributed by atoms with Crippen LogP contribution in [0, 0.1) is 24.0 Å². The highest BCUT2D eigenvalue weighted by atomic mass is 32.1. The Bertz CT molecular complexity index is 1050. The topological polar surface area (TPSA) is 94.4 Å². The third-order valence-electron chi connectivity index (χ3n) is 4.11. The number of thiazole rings is 1. The number of rotatable bonds is 6. The molecule has 1 aromatic heterocycles. The minimum atomic E-state index is -0.566. The average Bonchev–Trinajstić information content (AvgIpc) is 3.12. The molecule has 0 spiro atoms. The van der Waals surface area contributed by atoms with Crippen molar-refractivity contribution in [3.8, 4) is 17.0 Å². The van der Waals surface area contributed by atoms with Gasteiger partial charge in [-0.25, -0.2) is 4.98 Å². The predicted molar refractivity (Wildman–Crippen MR) is 109 cm³/mol. The normalized spacial score (nSPS) is 10.5. The molecule has 1 N–H and O–H groups in total. The number of carbonyl (C=O) groups is 1. The lowest BCUT2D eigenvalue weighted by Crippen LogP contribution is -2.12. The second kappa shape index (κ2) is 8.18. The van der Waals surface area contributed by atoms with Crippen LogP contribution in [0.3, 0.4) is 0 Å². The van der Waals surface area contributed by atoms with Gasteiger partial charge in [-0.05, 0) is 44.5 Å². The zero-order chi connectivity index (χ0) is 20.3. The summed E-state index contributed by atoms with van der Waals surface area (Å²) in [5.74, 6) is -0.330. The highest BCUT2D eigenvalue weighted by Crippen LogP contribution is 2.30. The highest BCUT2D eigenvalue weighted by Gasteiger charge is 2.19. The molecule has 3 rings (SSSR count). The molecule has 0 atom stereocenters. The average molecular weight is 397 g/mol. The maximum Gasteiger partial charge on any atom is 0.311 e. The molecule has 0 radical (unpaired) electrons. The number of anilines is 1. The molecular weight excluding hydrogens is 378 g/mol. The van der Waals surface area contributed by atoms with Crippen molar-refractivity contribution < 1.29 is 14.5 Å². The second-order valence-electron chi connectivity index (χ2n) is 6.18. The van der Waals surface area contributed by atoms with Crippen molar-refractivity contribution in [3.05, 3.63) is 68.6 Å². The van der Waals surface area contributed by atoms with E-state index in [1.807, 2.05) is 37.4 Å². The molecule has 1 amide bonds. The van der Waals surface area contributed by atoms with Gasteiger partial charge < -0.3 is 4.74 Å². The van der Waals surface area contributed by atoms with Crippen LogP contribution >= 0.6 is 11.3 Å². The number of nitro benzene ring substituents is 1. The van der Waals surface area contributed by atoms with Gasteiger partial charge in [0, 0.05) is 22.6 Å². The monoisotopic (exact) mass is 397 g/mol. The van der Waals surface area contributed by atoms with Crippen molar-refractivity contribution in [3.63, 3.8) is 0 Å². The van der Waals surface area contributed by atoms with Crippen molar-refractivity contribution in [1.82, 2.24) is 4.98 Å². The summed E-state index contributed by atoms with van der Waals surface area (Å²) in [4.78, 5) is 27.7. The minimum Gasteiger partial charge on any atom is -0.487 e. The minimum absolute atomic E-state index is 0.135. The Morgan fingerprint density at radius 3 is 2.75 bits per heavy atom. The first-order chi connectivity index (χ1) is 13.4. The number of aromatic nitrogens is 1. The number of nitro groups is 1. The van der Waals surface area contributed by atoms with Crippen LogP contribution < -0.4 is 10.1 Å². The largest absolute Gasteiger partial charge is 0.487 e. The van der Waals surface area contributed by atoms with E-state index in [1.165, 1.54) is 29.5 Å². The molecule has 0 aliphatic carbocycles. The van der Waals surface area contributed by atoms with E-state index >= 15 is 0 Å². The Morgan fingerprint density at radius 1 is 1.25 bits per heavy atom. The summed E-state index contributed by atoms with van der Waals surface area (Å²) in [6.07, 6.45) is 0. The van der Waals surface area contributed by atoms with Crippen molar-refractivity contribution >= 4 is 28.1 Å². The van der Waals surface area contributed by atoms with Crippen LogP contribution in [0.4, 0.5) is 10.8 Å². The van der Waals surface area contributed by atoms with Gasteiger partial charge >= 0.3 is 5.69 Å². The lowest BCUT2D eigenvalue weighted by atomic mass is 10.0. The smallest absolute Gasteiger partial charge is 0.311 e. The molecule has 144 valence electrons. The Balaban J connectivity index is 1.82. The maximum absolute atomic E-state index is 12.5. The summed E-state index contributed by atoms with van der Waals surface area (Å²) in [6.45, 7) is 6.05. The van der Waals surface area contributed by atoms with Crippen LogP contribution in [0.5, 0.6) is 5.75 Å². The van der Waals surface area contributed by atoms with Crippen molar-refractivity contribution in [1.29, 1.82) is 0 Å². The Labute approximate surface area is 166 Å². The molecule has 28 heavy (non-hydrogen) atoms. The van der Waals surface area contributed by atoms with Crippen LogP contribution in [0.25, 0.3) is 11.3 Å². The summed E-state index contributed by atoms with van der Waals surface area (Å²) < 4.78 is 5.24. The van der Waals surface area contributed by atoms with Gasteiger partial charge in [0.15, 0.2) is 10.9 Å². The van der Waals surface area contributed by atoms with E-state index < -0.39 is 10.8 Å². The maximum atomic E-state index is 12.5. The summed E-state index contributed by atoms with van der Waals surface area (Å²) in [5, 5.41) is 16.2. The van der Waals surface area contributed by atoms with E-state index in [9.17, 15) is 14.9 Å². The van der Waals surface area contributed by atoms with Gasteiger partial charge in [0.05, 0.1) is 17.2 Å². The van der Waals surface area contributed by atoms with Gasteiger partial charge in [-0.15, -0.1) is 11.3 Å². The van der Waals surface area contributed by atoms with E-state index in [2.05, 4.69) is 10.3 Å². The lowest BCUT2D eigenvalue weighted by molar-refractivity contribution is -0.385. The van der Waals surface area contributed by atoms with Crippen molar-refractivity contribution in [2.75, 3.05) is 11.9 Å². The molecule has 0 saturated carbocycles. The molecule has 0 saturated heterocycles. The molecule has 0 aliphatic rings. The number of benzene rings is 2. The molecule has 2 aromatic carbocycles. The van der Waals surface area contributed by atoms with Crippen molar-refractivity contribution in [2.24, 2.45) is 0 Å². The van der Waals surface area contributed by atoms with Gasteiger partial charge in [0.25, 0.3) is 5.91 Å². The highest BCUT2D eigenvalue weighted by molar-refractivity contribution is 7.14. The first kappa shape index (κ1) is 19.5. The zero-order valence-corrected chi connectivity index (χ0v) is 16.5. The fourth-order valence-corrected chi connectivity index (χ4v) is 3.42. The zero-order valence-electron chi connectivity index (χ0n) is 15.7. The molecule has 1 heterocycles. The number of hydrogen-bond donors (Lipinski definition) is 1. The molecule has 3 aromatic rings. The fourth-order valence-electron chi connectivity index (χ4n) is 2.71. The third kappa shape index (κ3) is 4.17. The standard InChI is InChI=1S/C20H19N3O4S/c1-4-27-18-8-7-14(10-17(18)23(25)26)19(24)22-20-21-16(11-28-20)15-9-12(2)5-6-13(15)3/h5-11H,4H2,1-3H3,(H,21,22,24). The van der Waals surface area contributed by atoms with Crippen molar-refractivity contribution in [2.45, 2.75) is 20.8 Å². The van der Waals surface area contributed by atoms with Crippen LogP contribution in [0.15, 0.2) is 41.8 Å². The van der Waals surface area contributed by atoms with E-state index in [-0.39, 0.29) is 17.0 Å². The van der Waals surface area contributed by atoms with Crippen LogP contribution in [-0.2, 0) is 0 Å². The van der Waals surface area contributed by atoms with Gasteiger partial charge in [-0.2, -0.15) is 0 Å². The number of aryl methyl sites for hydroxylation is 2. The third-order valence-corrected chi connectivity index (χ3v) is 4.87. The molecule has 0 aliphatic heterocycles. The SMILES string of the molecule is CCOc1ccc(C(=O)Nc2nc(-c3cc(C)ccc3C)cs2)cc1[N+](=O)[O-]. The first-order valence-corrected chi connectivity index (χ1v) is 9.52. The summed E-state index contributed by atoms with van der Waals surface area (Å²) in [6, 6.07) is 10.2. The number of ether oxygens (including phenoxy) is 1. The summed E-state index contributed by atoms with van der Waals surface area (Å²) in [7, 11) is 0. The number of nitrogens with one attached hydrogen (secondary N) is 1. The van der Waals surface area contributed by atoms with Gasteiger partial charge in [-0.1, -0.05) is 17.7 Å². The van der Waals surface area contributed by atoms with Crippen LogP contribution in [0.1, 0.15) is 28.4 Å². The summed E-state index contributed by atoms with van der Waals surface area (Å²) >= 11 is 1.30. The molecule has 0 fully saturated rings. The van der Waals surface area contributed by atoms with Crippen LogP contribution in [-0.4, -0.2) is 22.4 Å². The number of hydrogen-bond acceptors (Lipinski definition) is 6. The lowest BCUT2D eigenvalue weighted by Gasteiger charge is -2.06. The van der Waals surface area contributed by atoms with Crippen LogP contribution in [0.2, 0.25) is 0 Å². The van der Waals surface area contributed by atoms with E-state index in [1.54, 1.807) is 6.92 Å². The number of amides is 1. The quantitative estimate of drug-likeness (QED) is 0.467. The Kier molecular flexibility index (Phi) is 5.70. The fraction of sp³-hybridized carbons (Fsp3) is 0.200. The Morgan fingerprint density at radius 2 is 2.04 bits per heavy atom. The van der Waals surface area contributed by atoms with Gasteiger partial charge in [0.1, 0.15) is 0 Å². The molecule has 0 unspecified atom stereocenters. The Hall–Kier alpha value is -3.26. The molecule has 8 heteroatoms. The first-order valence-electron chi connectivity index (χ1n) is 8.64. The van der Waals surface area contributed by atoms with Gasteiger partial charge in [0.2, 0.25) is 0 Å². The molecule has 0 bridgehead atoms. The van der Waals surface area contributed by atoms with Gasteiger partial charge in [-0.3, -0.25) is 20.2 Å². The molecule has 7 nitrogen and oxygen atoms in total. The second-order valence-corrected chi connectivity index (χ2v) is 7.04. The van der Waals surface area contributed by atoms with E-state index in [0.717, 1.165) is 22.4 Å². The number of nitrogens with zero attached hydrogens (tertiary/aromatic N) is 2. The van der Waals surface area contributed by atoms with E-state index in [0.29, 0.717) is 11.7 Å².